The Balaban J connectivity index is 1.90. The molecule has 0 aliphatic carbocycles. The second-order valence-electron chi connectivity index (χ2n) is 5.59. The molecule has 1 unspecified atom stereocenters. The van der Waals surface area contributed by atoms with E-state index in [1.807, 2.05) is 0 Å². The number of aliphatic hydroxyl groups is 1. The molecule has 4 nitrogen and oxygen atoms in total. The van der Waals surface area contributed by atoms with Crippen molar-refractivity contribution in [2.75, 3.05) is 39.3 Å². The Labute approximate surface area is 105 Å². The number of nitrogens with zero attached hydrogens (tertiary/aromatic N) is 1. The fourth-order valence-electron chi connectivity index (χ4n) is 3.06. The van der Waals surface area contributed by atoms with Crippen molar-refractivity contribution in [3.05, 3.63) is 0 Å². The Morgan fingerprint density at radius 3 is 2.59 bits per heavy atom. The lowest BCUT2D eigenvalue weighted by atomic mass is 9.91. The van der Waals surface area contributed by atoms with Gasteiger partial charge in [0, 0.05) is 19.1 Å². The number of rotatable bonds is 5. The van der Waals surface area contributed by atoms with Gasteiger partial charge in [-0.2, -0.15) is 0 Å². The second kappa shape index (κ2) is 6.14. The van der Waals surface area contributed by atoms with Crippen LogP contribution in [0.4, 0.5) is 0 Å². The summed E-state index contributed by atoms with van der Waals surface area (Å²) in [7, 11) is 0. The van der Waals surface area contributed by atoms with Gasteiger partial charge in [-0.1, -0.05) is 6.92 Å². The predicted molar refractivity (Wildman–Crippen MR) is 70.2 cm³/mol. The molecule has 4 heteroatoms. The molecule has 0 aromatic rings. The third-order valence-corrected chi connectivity index (χ3v) is 4.09. The molecule has 0 spiro atoms. The van der Waals surface area contributed by atoms with Crippen LogP contribution in [-0.4, -0.2) is 60.9 Å². The van der Waals surface area contributed by atoms with Crippen molar-refractivity contribution >= 4 is 0 Å². The molecule has 0 aromatic carbocycles. The number of piperidine rings is 1. The molecule has 3 N–H and O–H groups in total. The Morgan fingerprint density at radius 1 is 1.24 bits per heavy atom. The van der Waals surface area contributed by atoms with Gasteiger partial charge < -0.3 is 15.7 Å². The summed E-state index contributed by atoms with van der Waals surface area (Å²) in [6, 6.07) is 0.633. The van der Waals surface area contributed by atoms with Gasteiger partial charge in [0.1, 0.15) is 0 Å². The van der Waals surface area contributed by atoms with Gasteiger partial charge in [-0.15, -0.1) is 0 Å². The molecule has 2 aliphatic rings. The molecule has 0 saturated carbocycles. The molecule has 2 saturated heterocycles. The van der Waals surface area contributed by atoms with Crippen LogP contribution < -0.4 is 10.6 Å². The topological polar surface area (TPSA) is 47.5 Å². The summed E-state index contributed by atoms with van der Waals surface area (Å²) in [6.45, 7) is 8.33. The molecule has 17 heavy (non-hydrogen) atoms. The number of hydrogen-bond acceptors (Lipinski definition) is 4. The van der Waals surface area contributed by atoms with Gasteiger partial charge in [0.2, 0.25) is 0 Å². The summed E-state index contributed by atoms with van der Waals surface area (Å²) in [5, 5.41) is 17.4. The molecular formula is C13H27N3O. The molecule has 1 atom stereocenters. The van der Waals surface area contributed by atoms with Gasteiger partial charge in [0.05, 0.1) is 5.60 Å². The second-order valence-corrected chi connectivity index (χ2v) is 5.59. The van der Waals surface area contributed by atoms with Gasteiger partial charge in [-0.25, -0.2) is 0 Å². The van der Waals surface area contributed by atoms with Crippen LogP contribution in [0, 0.1) is 0 Å². The predicted octanol–water partition coefficient (Wildman–Crippen LogP) is 0.175. The standard InChI is InChI=1S/C13H27N3O/c1-2-9-16(12-3-6-15-10-12)11-13(17)4-7-14-8-5-13/h12,14-15,17H,2-11H2,1H3. The first kappa shape index (κ1) is 13.3. The highest BCUT2D eigenvalue weighted by Crippen LogP contribution is 2.22. The van der Waals surface area contributed by atoms with Gasteiger partial charge in [0.15, 0.2) is 0 Å². The lowest BCUT2D eigenvalue weighted by molar-refractivity contribution is -0.0292. The molecule has 2 fully saturated rings. The highest BCUT2D eigenvalue weighted by atomic mass is 16.3. The Hall–Kier alpha value is -0.160. The molecule has 100 valence electrons. The van der Waals surface area contributed by atoms with Crippen molar-refractivity contribution in [3.63, 3.8) is 0 Å². The van der Waals surface area contributed by atoms with Crippen molar-refractivity contribution in [1.82, 2.24) is 15.5 Å². The van der Waals surface area contributed by atoms with Crippen molar-refractivity contribution < 1.29 is 5.11 Å². The fraction of sp³-hybridized carbons (Fsp3) is 1.00. The van der Waals surface area contributed by atoms with Crippen molar-refractivity contribution in [2.24, 2.45) is 0 Å². The fourth-order valence-corrected chi connectivity index (χ4v) is 3.06. The van der Waals surface area contributed by atoms with E-state index in [1.54, 1.807) is 0 Å². The van der Waals surface area contributed by atoms with Crippen LogP contribution in [0.5, 0.6) is 0 Å². The smallest absolute Gasteiger partial charge is 0.0798 e. The number of nitrogens with one attached hydrogen (secondary N) is 2. The molecular weight excluding hydrogens is 214 g/mol. The SMILES string of the molecule is CCCN(CC1(O)CCNCC1)C1CCNC1. The third-order valence-electron chi connectivity index (χ3n) is 4.09. The van der Waals surface area contributed by atoms with Crippen LogP contribution in [0.25, 0.3) is 0 Å². The van der Waals surface area contributed by atoms with Gasteiger partial charge >= 0.3 is 0 Å². The first-order valence-corrected chi connectivity index (χ1v) is 7.11. The van der Waals surface area contributed by atoms with E-state index in [-0.39, 0.29) is 0 Å². The Morgan fingerprint density at radius 2 is 2.00 bits per heavy atom. The first-order valence-electron chi connectivity index (χ1n) is 7.11. The first-order chi connectivity index (χ1) is 8.23. The van der Waals surface area contributed by atoms with Crippen molar-refractivity contribution in [2.45, 2.75) is 44.2 Å². The summed E-state index contributed by atoms with van der Waals surface area (Å²) < 4.78 is 0. The Kier molecular flexibility index (Phi) is 4.79. The lowest BCUT2D eigenvalue weighted by Gasteiger charge is -2.39. The summed E-state index contributed by atoms with van der Waals surface area (Å²) in [6.07, 6.45) is 4.19. The van der Waals surface area contributed by atoms with E-state index >= 15 is 0 Å². The van der Waals surface area contributed by atoms with Gasteiger partial charge in [0.25, 0.3) is 0 Å². The minimum absolute atomic E-state index is 0.455. The zero-order valence-electron chi connectivity index (χ0n) is 11.0. The highest BCUT2D eigenvalue weighted by molar-refractivity contribution is 4.90. The highest BCUT2D eigenvalue weighted by Gasteiger charge is 2.33. The molecule has 0 amide bonds. The lowest BCUT2D eigenvalue weighted by Crippen LogP contribution is -2.52. The largest absolute Gasteiger partial charge is 0.388 e. The monoisotopic (exact) mass is 241 g/mol. The molecule has 2 aliphatic heterocycles. The third kappa shape index (κ3) is 3.65. The van der Waals surface area contributed by atoms with Gasteiger partial charge in [-0.05, 0) is 51.9 Å². The van der Waals surface area contributed by atoms with Crippen LogP contribution in [0.15, 0.2) is 0 Å². The van der Waals surface area contributed by atoms with Crippen molar-refractivity contribution in [3.8, 4) is 0 Å². The average Bonchev–Trinajstić information content (AvgIpc) is 2.82. The summed E-state index contributed by atoms with van der Waals surface area (Å²) in [5.41, 5.74) is -0.455. The van der Waals surface area contributed by atoms with E-state index < -0.39 is 5.60 Å². The minimum Gasteiger partial charge on any atom is -0.388 e. The van der Waals surface area contributed by atoms with E-state index in [9.17, 15) is 5.11 Å². The zero-order valence-corrected chi connectivity index (χ0v) is 11.0. The van der Waals surface area contributed by atoms with Crippen molar-refractivity contribution in [1.29, 1.82) is 0 Å². The summed E-state index contributed by atoms with van der Waals surface area (Å²) in [5.74, 6) is 0. The number of hydrogen-bond donors (Lipinski definition) is 3. The maximum Gasteiger partial charge on any atom is 0.0798 e. The van der Waals surface area contributed by atoms with Crippen LogP contribution in [0.2, 0.25) is 0 Å². The quantitative estimate of drug-likeness (QED) is 0.642. The molecule has 2 heterocycles. The van der Waals surface area contributed by atoms with Crippen LogP contribution in [-0.2, 0) is 0 Å². The molecule has 0 aromatic heterocycles. The van der Waals surface area contributed by atoms with E-state index in [2.05, 4.69) is 22.5 Å². The molecule has 0 radical (unpaired) electrons. The summed E-state index contributed by atoms with van der Waals surface area (Å²) >= 11 is 0. The zero-order chi connectivity index (χ0) is 12.1. The van der Waals surface area contributed by atoms with Crippen LogP contribution in [0.1, 0.15) is 32.6 Å². The van der Waals surface area contributed by atoms with E-state index in [0.29, 0.717) is 6.04 Å². The van der Waals surface area contributed by atoms with E-state index in [0.717, 1.165) is 52.1 Å². The van der Waals surface area contributed by atoms with E-state index in [4.69, 9.17) is 0 Å². The van der Waals surface area contributed by atoms with Crippen LogP contribution in [0.3, 0.4) is 0 Å². The van der Waals surface area contributed by atoms with Crippen LogP contribution >= 0.6 is 0 Å². The minimum atomic E-state index is -0.455. The van der Waals surface area contributed by atoms with Gasteiger partial charge in [-0.3, -0.25) is 4.90 Å². The Bertz CT molecular complexity index is 223. The summed E-state index contributed by atoms with van der Waals surface area (Å²) in [4.78, 5) is 2.51. The van der Waals surface area contributed by atoms with E-state index in [1.165, 1.54) is 12.8 Å². The normalized spacial score (nSPS) is 28.8. The molecule has 2 rings (SSSR count). The average molecular weight is 241 g/mol. The maximum absolute atomic E-state index is 10.6. The molecule has 0 bridgehead atoms. The maximum atomic E-state index is 10.6.